The lowest BCUT2D eigenvalue weighted by molar-refractivity contribution is 0.0738. The van der Waals surface area contributed by atoms with Gasteiger partial charge in [-0.15, -0.1) is 0 Å². The molecule has 1 unspecified atom stereocenters. The van der Waals surface area contributed by atoms with Crippen molar-refractivity contribution in [2.24, 2.45) is 0 Å². The number of fused-ring (bicyclic) bond motifs is 5. The summed E-state index contributed by atoms with van der Waals surface area (Å²) in [5.41, 5.74) is 3.40. The van der Waals surface area contributed by atoms with E-state index in [-0.39, 0.29) is 11.9 Å². The van der Waals surface area contributed by atoms with Gasteiger partial charge in [0.25, 0.3) is 5.91 Å². The predicted octanol–water partition coefficient (Wildman–Crippen LogP) is 3.68. The molecule has 142 valence electrons. The first-order valence-electron chi connectivity index (χ1n) is 8.96. The van der Waals surface area contributed by atoms with Crippen LogP contribution in [0.3, 0.4) is 0 Å². The Labute approximate surface area is 158 Å². The number of methoxy groups -OCH3 is 4. The molecule has 1 fully saturated rings. The topological polar surface area (TPSA) is 57.2 Å². The zero-order valence-electron chi connectivity index (χ0n) is 16.0. The van der Waals surface area contributed by atoms with Gasteiger partial charge in [0.15, 0.2) is 11.5 Å². The van der Waals surface area contributed by atoms with Gasteiger partial charge in [0, 0.05) is 12.1 Å². The van der Waals surface area contributed by atoms with E-state index in [1.165, 1.54) is 0 Å². The fourth-order valence-electron chi connectivity index (χ4n) is 4.26. The van der Waals surface area contributed by atoms with Crippen molar-refractivity contribution < 1.29 is 23.7 Å². The molecular formula is C21H23NO5. The third kappa shape index (κ3) is 2.51. The number of benzene rings is 2. The third-order valence-corrected chi connectivity index (χ3v) is 5.46. The number of carbonyl (C=O) groups is 1. The summed E-state index contributed by atoms with van der Waals surface area (Å²) < 4.78 is 22.3. The molecule has 4 rings (SSSR count). The Morgan fingerprint density at radius 2 is 1.67 bits per heavy atom. The lowest BCUT2D eigenvalue weighted by Crippen LogP contribution is -2.29. The molecule has 1 amide bonds. The van der Waals surface area contributed by atoms with Crippen LogP contribution in [-0.4, -0.2) is 45.8 Å². The van der Waals surface area contributed by atoms with Crippen LogP contribution in [0.1, 0.15) is 34.8 Å². The van der Waals surface area contributed by atoms with Crippen molar-refractivity contribution in [3.8, 4) is 34.1 Å². The molecule has 0 radical (unpaired) electrons. The van der Waals surface area contributed by atoms with Crippen LogP contribution >= 0.6 is 0 Å². The normalized spacial score (nSPS) is 17.6. The second-order valence-electron chi connectivity index (χ2n) is 6.67. The number of hydrogen-bond acceptors (Lipinski definition) is 5. The summed E-state index contributed by atoms with van der Waals surface area (Å²) in [4.78, 5) is 15.3. The third-order valence-electron chi connectivity index (χ3n) is 5.46. The van der Waals surface area contributed by atoms with Crippen molar-refractivity contribution in [1.82, 2.24) is 4.90 Å². The van der Waals surface area contributed by atoms with Crippen molar-refractivity contribution in [3.63, 3.8) is 0 Å². The lowest BCUT2D eigenvalue weighted by atomic mass is 9.91. The number of hydrogen-bond donors (Lipinski definition) is 0. The number of ether oxygens (including phenoxy) is 4. The van der Waals surface area contributed by atoms with Crippen molar-refractivity contribution in [3.05, 3.63) is 35.4 Å². The van der Waals surface area contributed by atoms with E-state index in [2.05, 4.69) is 0 Å². The van der Waals surface area contributed by atoms with Crippen LogP contribution in [0.2, 0.25) is 0 Å². The molecule has 0 spiro atoms. The SMILES string of the molecule is COc1ccc2c(c1)C(=O)N1CCCC1c1c-2cc(OC)c(OC)c1OC. The highest BCUT2D eigenvalue weighted by atomic mass is 16.5. The Morgan fingerprint density at radius 3 is 2.33 bits per heavy atom. The van der Waals surface area contributed by atoms with Crippen LogP contribution in [-0.2, 0) is 0 Å². The molecule has 2 aromatic carbocycles. The Morgan fingerprint density at radius 1 is 0.889 bits per heavy atom. The summed E-state index contributed by atoms with van der Waals surface area (Å²) in [5, 5.41) is 0. The van der Waals surface area contributed by atoms with Gasteiger partial charge in [0.1, 0.15) is 5.75 Å². The minimum Gasteiger partial charge on any atom is -0.497 e. The molecule has 6 heteroatoms. The molecule has 1 saturated heterocycles. The summed E-state index contributed by atoms with van der Waals surface area (Å²) in [6.07, 6.45) is 1.84. The molecule has 27 heavy (non-hydrogen) atoms. The smallest absolute Gasteiger partial charge is 0.255 e. The molecule has 0 aromatic heterocycles. The van der Waals surface area contributed by atoms with E-state index in [1.807, 2.05) is 29.2 Å². The molecule has 2 aliphatic heterocycles. The van der Waals surface area contributed by atoms with E-state index in [0.29, 0.717) is 28.6 Å². The number of nitrogens with zero attached hydrogens (tertiary/aromatic N) is 1. The van der Waals surface area contributed by atoms with Crippen molar-refractivity contribution in [1.29, 1.82) is 0 Å². The highest BCUT2D eigenvalue weighted by Gasteiger charge is 2.40. The molecular weight excluding hydrogens is 346 g/mol. The van der Waals surface area contributed by atoms with Gasteiger partial charge in [-0.05, 0) is 48.2 Å². The van der Waals surface area contributed by atoms with Crippen molar-refractivity contribution >= 4 is 5.91 Å². The predicted molar refractivity (Wildman–Crippen MR) is 101 cm³/mol. The zero-order valence-corrected chi connectivity index (χ0v) is 16.0. The fraction of sp³-hybridized carbons (Fsp3) is 0.381. The Bertz CT molecular complexity index is 908. The lowest BCUT2D eigenvalue weighted by Gasteiger charge is -2.26. The first-order chi connectivity index (χ1) is 13.1. The second-order valence-corrected chi connectivity index (χ2v) is 6.67. The maximum Gasteiger partial charge on any atom is 0.255 e. The Kier molecular flexibility index (Phi) is 4.34. The van der Waals surface area contributed by atoms with E-state index < -0.39 is 0 Å². The van der Waals surface area contributed by atoms with Crippen LogP contribution < -0.4 is 18.9 Å². The first-order valence-corrected chi connectivity index (χ1v) is 8.96. The summed E-state index contributed by atoms with van der Waals surface area (Å²) in [5.74, 6) is 2.43. The van der Waals surface area contributed by atoms with E-state index >= 15 is 0 Å². The van der Waals surface area contributed by atoms with Crippen molar-refractivity contribution in [2.45, 2.75) is 18.9 Å². The molecule has 0 bridgehead atoms. The molecule has 2 heterocycles. The monoisotopic (exact) mass is 369 g/mol. The number of rotatable bonds is 4. The molecule has 6 nitrogen and oxygen atoms in total. The standard InChI is InChI=1S/C21H23NO5/c1-24-12-7-8-13-14-11-17(25-2)19(26-3)20(27-4)18(14)16-6-5-9-22(16)21(23)15(13)10-12/h7-8,10-11,16H,5-6,9H2,1-4H3. The largest absolute Gasteiger partial charge is 0.497 e. The van der Waals surface area contributed by atoms with Gasteiger partial charge in [-0.25, -0.2) is 0 Å². The summed E-state index contributed by atoms with van der Waals surface area (Å²) in [7, 11) is 6.42. The molecule has 0 N–H and O–H groups in total. The minimum atomic E-state index is -0.0550. The second kappa shape index (κ2) is 6.68. The van der Waals surface area contributed by atoms with Gasteiger partial charge in [0.2, 0.25) is 5.75 Å². The van der Waals surface area contributed by atoms with Gasteiger partial charge in [-0.2, -0.15) is 0 Å². The molecule has 1 atom stereocenters. The number of amides is 1. The number of carbonyl (C=O) groups excluding carboxylic acids is 1. The molecule has 0 aliphatic carbocycles. The van der Waals surface area contributed by atoms with Gasteiger partial charge in [0.05, 0.1) is 40.0 Å². The van der Waals surface area contributed by atoms with E-state index in [0.717, 1.165) is 36.1 Å². The van der Waals surface area contributed by atoms with Crippen LogP contribution in [0.5, 0.6) is 23.0 Å². The van der Waals surface area contributed by atoms with E-state index in [9.17, 15) is 4.79 Å². The van der Waals surface area contributed by atoms with E-state index in [1.54, 1.807) is 28.4 Å². The van der Waals surface area contributed by atoms with Crippen LogP contribution in [0.15, 0.2) is 24.3 Å². The van der Waals surface area contributed by atoms with Gasteiger partial charge in [-0.1, -0.05) is 0 Å². The first kappa shape index (κ1) is 17.5. The van der Waals surface area contributed by atoms with E-state index in [4.69, 9.17) is 18.9 Å². The Hall–Kier alpha value is -2.89. The quantitative estimate of drug-likeness (QED) is 0.823. The average molecular weight is 369 g/mol. The highest BCUT2D eigenvalue weighted by molar-refractivity contribution is 6.04. The Balaban J connectivity index is 2.09. The molecule has 2 aliphatic rings. The maximum absolute atomic E-state index is 13.3. The molecule has 2 aromatic rings. The summed E-state index contributed by atoms with van der Waals surface area (Å²) >= 11 is 0. The maximum atomic E-state index is 13.3. The van der Waals surface area contributed by atoms with Gasteiger partial charge >= 0.3 is 0 Å². The summed E-state index contributed by atoms with van der Waals surface area (Å²) in [6.45, 7) is 0.719. The fourth-order valence-corrected chi connectivity index (χ4v) is 4.26. The van der Waals surface area contributed by atoms with Gasteiger partial charge in [-0.3, -0.25) is 4.79 Å². The molecule has 0 saturated carbocycles. The van der Waals surface area contributed by atoms with Crippen LogP contribution in [0.4, 0.5) is 0 Å². The van der Waals surface area contributed by atoms with Crippen molar-refractivity contribution in [2.75, 3.05) is 35.0 Å². The highest BCUT2D eigenvalue weighted by Crippen LogP contribution is 2.53. The van der Waals surface area contributed by atoms with Gasteiger partial charge < -0.3 is 23.8 Å². The zero-order chi connectivity index (χ0) is 19.1. The summed E-state index contributed by atoms with van der Waals surface area (Å²) in [6, 6.07) is 7.50. The van der Waals surface area contributed by atoms with Crippen LogP contribution in [0.25, 0.3) is 11.1 Å². The van der Waals surface area contributed by atoms with Crippen LogP contribution in [0, 0.1) is 0 Å². The average Bonchev–Trinajstić information content (AvgIpc) is 3.17. The minimum absolute atomic E-state index is 0.0163.